The molecule has 0 spiro atoms. The molecule has 7 heteroatoms. The number of fused-ring (bicyclic) bond motifs is 2. The molecule has 0 bridgehead atoms. The summed E-state index contributed by atoms with van der Waals surface area (Å²) < 4.78 is 5.39. The van der Waals surface area contributed by atoms with Crippen molar-refractivity contribution in [3.05, 3.63) is 44.3 Å². The van der Waals surface area contributed by atoms with Gasteiger partial charge in [-0.15, -0.1) is 11.3 Å². The summed E-state index contributed by atoms with van der Waals surface area (Å²) in [6.45, 7) is 1.15. The Hall–Kier alpha value is -2.41. The van der Waals surface area contributed by atoms with Crippen LogP contribution in [0.4, 0.5) is 0 Å². The van der Waals surface area contributed by atoms with Crippen LogP contribution in [0.25, 0.3) is 0 Å². The Morgan fingerprint density at radius 3 is 2.85 bits per heavy atom. The van der Waals surface area contributed by atoms with Crippen molar-refractivity contribution in [3.8, 4) is 5.88 Å². The molecule has 0 aromatic carbocycles. The second-order valence-corrected chi connectivity index (χ2v) is 7.76. The first-order valence-corrected chi connectivity index (χ1v) is 9.62. The van der Waals surface area contributed by atoms with E-state index >= 15 is 0 Å². The zero-order valence-corrected chi connectivity index (χ0v) is 15.7. The van der Waals surface area contributed by atoms with E-state index in [2.05, 4.69) is 10.3 Å². The van der Waals surface area contributed by atoms with Gasteiger partial charge in [-0.25, -0.2) is 4.98 Å². The van der Waals surface area contributed by atoms with Gasteiger partial charge in [0.15, 0.2) is 0 Å². The molecule has 1 aliphatic heterocycles. The number of rotatable bonds is 3. The van der Waals surface area contributed by atoms with Crippen molar-refractivity contribution in [3.63, 3.8) is 0 Å². The highest BCUT2D eigenvalue weighted by Crippen LogP contribution is 2.31. The largest absolute Gasteiger partial charge is 0.480 e. The molecule has 1 N–H and O–H groups in total. The highest BCUT2D eigenvalue weighted by atomic mass is 32.1. The fraction of sp³-hybridized carbons (Fsp3) is 0.421. The molecule has 2 aromatic rings. The van der Waals surface area contributed by atoms with E-state index in [9.17, 15) is 9.59 Å². The lowest BCUT2D eigenvalue weighted by Crippen LogP contribution is -2.35. The third-order valence-corrected chi connectivity index (χ3v) is 6.28. The minimum Gasteiger partial charge on any atom is -0.480 e. The summed E-state index contributed by atoms with van der Waals surface area (Å²) in [4.78, 5) is 33.2. The smallest absolute Gasteiger partial charge is 0.261 e. The molecule has 6 nitrogen and oxygen atoms in total. The first-order valence-electron chi connectivity index (χ1n) is 8.80. The number of carbonyl (C=O) groups excluding carboxylic acids is 2. The van der Waals surface area contributed by atoms with Crippen LogP contribution in [0.2, 0.25) is 0 Å². The molecule has 136 valence electrons. The van der Waals surface area contributed by atoms with Gasteiger partial charge in [0.1, 0.15) is 5.56 Å². The van der Waals surface area contributed by atoms with E-state index in [1.807, 2.05) is 17.0 Å². The molecule has 2 aliphatic rings. The van der Waals surface area contributed by atoms with Crippen LogP contribution in [-0.4, -0.2) is 42.4 Å². The van der Waals surface area contributed by atoms with E-state index in [0.717, 1.165) is 42.5 Å². The number of hydrogen-bond donors (Lipinski definition) is 1. The highest BCUT2D eigenvalue weighted by Gasteiger charge is 2.28. The lowest BCUT2D eigenvalue weighted by Gasteiger charge is -2.27. The van der Waals surface area contributed by atoms with Crippen molar-refractivity contribution in [2.24, 2.45) is 0 Å². The van der Waals surface area contributed by atoms with Gasteiger partial charge >= 0.3 is 0 Å². The van der Waals surface area contributed by atoms with Crippen LogP contribution in [0.15, 0.2) is 12.1 Å². The van der Waals surface area contributed by atoms with Gasteiger partial charge in [-0.3, -0.25) is 9.59 Å². The molecule has 26 heavy (non-hydrogen) atoms. The number of nitrogens with one attached hydrogen (secondary N) is 1. The van der Waals surface area contributed by atoms with E-state index in [4.69, 9.17) is 4.74 Å². The molecular formula is C19H21N3O3S. The second-order valence-electron chi connectivity index (χ2n) is 6.62. The number of nitrogens with zero attached hydrogens (tertiary/aromatic N) is 2. The highest BCUT2D eigenvalue weighted by molar-refractivity contribution is 7.14. The lowest BCUT2D eigenvalue weighted by atomic mass is 10.1. The quantitative estimate of drug-likeness (QED) is 0.898. The van der Waals surface area contributed by atoms with Crippen molar-refractivity contribution >= 4 is 23.2 Å². The first kappa shape index (κ1) is 17.0. The summed E-state index contributed by atoms with van der Waals surface area (Å²) in [5.74, 6) is 0.284. The Labute approximate surface area is 156 Å². The molecule has 4 rings (SSSR count). The number of methoxy groups -OCH3 is 1. The number of hydrogen-bond acceptors (Lipinski definition) is 5. The summed E-state index contributed by atoms with van der Waals surface area (Å²) in [6, 6.07) is 3.85. The number of aromatic nitrogens is 1. The molecular weight excluding hydrogens is 350 g/mol. The molecule has 3 heterocycles. The van der Waals surface area contributed by atoms with E-state index < -0.39 is 0 Å². The first-order chi connectivity index (χ1) is 12.6. The Morgan fingerprint density at radius 2 is 2.08 bits per heavy atom. The number of aryl methyl sites for hydroxylation is 2. The van der Waals surface area contributed by atoms with Crippen molar-refractivity contribution in [1.29, 1.82) is 0 Å². The summed E-state index contributed by atoms with van der Waals surface area (Å²) in [5.41, 5.74) is 3.80. The normalized spacial score (nSPS) is 15.4. The second kappa shape index (κ2) is 6.72. The third-order valence-electron chi connectivity index (χ3n) is 5.04. The number of thiophene rings is 1. The van der Waals surface area contributed by atoms with Crippen LogP contribution in [-0.2, 0) is 25.8 Å². The van der Waals surface area contributed by atoms with Gasteiger partial charge in [-0.05, 0) is 48.9 Å². The maximum atomic E-state index is 13.1. The molecule has 0 radical (unpaired) electrons. The summed E-state index contributed by atoms with van der Waals surface area (Å²) in [6.07, 6.45) is 3.76. The summed E-state index contributed by atoms with van der Waals surface area (Å²) in [7, 11) is 3.19. The van der Waals surface area contributed by atoms with Crippen molar-refractivity contribution in [1.82, 2.24) is 15.2 Å². The Bertz CT molecular complexity index is 890. The van der Waals surface area contributed by atoms with Crippen molar-refractivity contribution < 1.29 is 14.3 Å². The Balaban J connectivity index is 1.60. The molecule has 2 amide bonds. The molecule has 0 unspecified atom stereocenters. The number of ether oxygens (including phenoxy) is 1. The molecule has 0 saturated heterocycles. The minimum atomic E-state index is -0.0771. The van der Waals surface area contributed by atoms with Gasteiger partial charge in [0.05, 0.1) is 12.0 Å². The molecule has 1 aliphatic carbocycles. The zero-order chi connectivity index (χ0) is 18.3. The van der Waals surface area contributed by atoms with Crippen LogP contribution in [0, 0.1) is 0 Å². The van der Waals surface area contributed by atoms with E-state index in [1.54, 1.807) is 14.2 Å². The van der Waals surface area contributed by atoms with Gasteiger partial charge in [0, 0.05) is 30.7 Å². The Morgan fingerprint density at radius 1 is 1.23 bits per heavy atom. The molecule has 2 aromatic heterocycles. The predicted molar refractivity (Wildman–Crippen MR) is 99.0 cm³/mol. The van der Waals surface area contributed by atoms with Crippen LogP contribution in [0.3, 0.4) is 0 Å². The summed E-state index contributed by atoms with van der Waals surface area (Å²) >= 11 is 1.51. The minimum absolute atomic E-state index is 0.0533. The average Bonchev–Trinajstić information content (AvgIpc) is 3.30. The zero-order valence-electron chi connectivity index (χ0n) is 14.9. The van der Waals surface area contributed by atoms with Gasteiger partial charge in [-0.1, -0.05) is 0 Å². The maximum Gasteiger partial charge on any atom is 0.261 e. The number of pyridine rings is 1. The number of carbonyl (C=O) groups is 2. The lowest BCUT2D eigenvalue weighted by molar-refractivity contribution is 0.0731. The standard InChI is InChI=1S/C19H21N3O3S/c1-20-17(23)16-9-12-10-22(7-6-15(12)26-16)19(24)13-8-11-4-3-5-14(11)21-18(13)25-2/h8-9H,3-7,10H2,1-2H3,(H,20,23). The molecule has 0 fully saturated rings. The summed E-state index contributed by atoms with van der Waals surface area (Å²) in [5, 5.41) is 2.66. The van der Waals surface area contributed by atoms with Crippen LogP contribution in [0.5, 0.6) is 5.88 Å². The van der Waals surface area contributed by atoms with Gasteiger partial charge < -0.3 is 15.0 Å². The van der Waals surface area contributed by atoms with Crippen LogP contribution in [0.1, 0.15) is 48.1 Å². The maximum absolute atomic E-state index is 13.1. The van der Waals surface area contributed by atoms with Gasteiger partial charge in [0.2, 0.25) is 5.88 Å². The fourth-order valence-corrected chi connectivity index (χ4v) is 4.78. The number of amides is 2. The Kier molecular flexibility index (Phi) is 4.40. The third kappa shape index (κ3) is 2.86. The predicted octanol–water partition coefficient (Wildman–Crippen LogP) is 2.20. The van der Waals surface area contributed by atoms with Gasteiger partial charge in [-0.2, -0.15) is 0 Å². The van der Waals surface area contributed by atoms with Crippen molar-refractivity contribution in [2.45, 2.75) is 32.2 Å². The molecule has 0 atom stereocenters. The van der Waals surface area contributed by atoms with Crippen molar-refractivity contribution in [2.75, 3.05) is 20.7 Å². The van der Waals surface area contributed by atoms with Crippen LogP contribution >= 0.6 is 11.3 Å². The average molecular weight is 371 g/mol. The molecule has 0 saturated carbocycles. The fourth-order valence-electron chi connectivity index (χ4n) is 3.67. The topological polar surface area (TPSA) is 71.5 Å². The van der Waals surface area contributed by atoms with E-state index in [0.29, 0.717) is 29.4 Å². The van der Waals surface area contributed by atoms with Gasteiger partial charge in [0.25, 0.3) is 11.8 Å². The monoisotopic (exact) mass is 371 g/mol. The van der Waals surface area contributed by atoms with E-state index in [1.165, 1.54) is 16.2 Å². The van der Waals surface area contributed by atoms with Crippen LogP contribution < -0.4 is 10.1 Å². The SMILES string of the molecule is CNC(=O)c1cc2c(s1)CCN(C(=O)c1cc3c(nc1OC)CCC3)C2. The van der Waals surface area contributed by atoms with E-state index in [-0.39, 0.29) is 11.8 Å².